The molecule has 0 radical (unpaired) electrons. The first kappa shape index (κ1) is 13.1. The van der Waals surface area contributed by atoms with Gasteiger partial charge in [-0.1, -0.05) is 0 Å². The number of aromatic nitrogens is 1. The Bertz CT molecular complexity index is 620. The van der Waals surface area contributed by atoms with Crippen molar-refractivity contribution in [2.75, 3.05) is 6.61 Å². The van der Waals surface area contributed by atoms with Crippen molar-refractivity contribution in [1.29, 1.82) is 0 Å². The number of H-pyrrole nitrogens is 1. The maximum atomic E-state index is 12.3. The highest BCUT2D eigenvalue weighted by Crippen LogP contribution is 2.23. The third kappa shape index (κ3) is 2.30. The quantitative estimate of drug-likeness (QED) is 0.787. The van der Waals surface area contributed by atoms with Gasteiger partial charge in [0.2, 0.25) is 0 Å². The van der Waals surface area contributed by atoms with E-state index in [9.17, 15) is 4.79 Å². The Morgan fingerprint density at radius 2 is 2.35 bits per heavy atom. The van der Waals surface area contributed by atoms with Gasteiger partial charge in [-0.15, -0.1) is 0 Å². The molecule has 0 saturated heterocycles. The number of hydrogen-bond acceptors (Lipinski definition) is 3. The maximum absolute atomic E-state index is 12.3. The highest BCUT2D eigenvalue weighted by Gasteiger charge is 2.40. The number of nitrogens with one attached hydrogen (secondary N) is 2. The zero-order valence-electron chi connectivity index (χ0n) is 11.4. The number of rotatable bonds is 4. The van der Waals surface area contributed by atoms with Crippen molar-refractivity contribution in [2.24, 2.45) is 5.73 Å². The van der Waals surface area contributed by atoms with Crippen molar-refractivity contribution in [3.8, 4) is 0 Å². The van der Waals surface area contributed by atoms with E-state index >= 15 is 0 Å². The van der Waals surface area contributed by atoms with E-state index in [1.165, 1.54) is 0 Å². The van der Waals surface area contributed by atoms with Gasteiger partial charge >= 0.3 is 0 Å². The monoisotopic (exact) mass is 273 g/mol. The molecule has 5 nitrogen and oxygen atoms in total. The molecule has 1 aromatic heterocycles. The molecule has 4 N–H and O–H groups in total. The van der Waals surface area contributed by atoms with E-state index in [1.807, 2.05) is 37.4 Å². The van der Waals surface area contributed by atoms with Crippen LogP contribution in [0.15, 0.2) is 30.5 Å². The van der Waals surface area contributed by atoms with Crippen LogP contribution in [0.5, 0.6) is 0 Å². The van der Waals surface area contributed by atoms with Crippen LogP contribution >= 0.6 is 0 Å². The van der Waals surface area contributed by atoms with Crippen LogP contribution in [-0.2, 0) is 4.74 Å². The summed E-state index contributed by atoms with van der Waals surface area (Å²) in [6.45, 7) is 2.58. The van der Waals surface area contributed by atoms with E-state index in [2.05, 4.69) is 10.3 Å². The Balaban J connectivity index is 1.72. The van der Waals surface area contributed by atoms with Crippen molar-refractivity contribution >= 4 is 16.8 Å². The molecule has 20 heavy (non-hydrogen) atoms. The molecule has 106 valence electrons. The number of hydrogen-bond donors (Lipinski definition) is 3. The Morgan fingerprint density at radius 3 is 3.10 bits per heavy atom. The summed E-state index contributed by atoms with van der Waals surface area (Å²) >= 11 is 0. The lowest BCUT2D eigenvalue weighted by Crippen LogP contribution is -2.64. The SMILES string of the molecule is CCOC1CC(N)C1NC(=O)c1ccc2[nH]ccc2c1. The summed E-state index contributed by atoms with van der Waals surface area (Å²) in [7, 11) is 0. The Morgan fingerprint density at radius 1 is 1.50 bits per heavy atom. The highest BCUT2D eigenvalue weighted by molar-refractivity contribution is 5.98. The molecule has 1 amide bonds. The molecule has 3 rings (SSSR count). The predicted molar refractivity (Wildman–Crippen MR) is 77.6 cm³/mol. The summed E-state index contributed by atoms with van der Waals surface area (Å²) in [5, 5.41) is 4.00. The predicted octanol–water partition coefficient (Wildman–Crippen LogP) is 1.40. The second-order valence-electron chi connectivity index (χ2n) is 5.17. The second-order valence-corrected chi connectivity index (χ2v) is 5.17. The van der Waals surface area contributed by atoms with E-state index in [0.29, 0.717) is 12.2 Å². The lowest BCUT2D eigenvalue weighted by atomic mass is 9.83. The van der Waals surface area contributed by atoms with E-state index in [-0.39, 0.29) is 24.1 Å². The number of amides is 1. The highest BCUT2D eigenvalue weighted by atomic mass is 16.5. The number of nitrogens with two attached hydrogens (primary N) is 1. The summed E-state index contributed by atoms with van der Waals surface area (Å²) in [6.07, 6.45) is 2.70. The zero-order chi connectivity index (χ0) is 14.1. The summed E-state index contributed by atoms with van der Waals surface area (Å²) in [5.41, 5.74) is 7.61. The first-order valence-electron chi connectivity index (χ1n) is 6.94. The Hall–Kier alpha value is -1.85. The summed E-state index contributed by atoms with van der Waals surface area (Å²) in [6, 6.07) is 7.43. The smallest absolute Gasteiger partial charge is 0.251 e. The molecular weight excluding hydrogens is 254 g/mol. The standard InChI is InChI=1S/C15H19N3O2/c1-2-20-13-8-11(16)14(13)18-15(19)10-3-4-12-9(7-10)5-6-17-12/h3-7,11,13-14,17H,2,8,16H2,1H3,(H,18,19). The van der Waals surface area contributed by atoms with Crippen LogP contribution in [0.3, 0.4) is 0 Å². The van der Waals surface area contributed by atoms with Crippen molar-refractivity contribution in [2.45, 2.75) is 31.5 Å². The number of benzene rings is 1. The molecule has 1 aromatic carbocycles. The summed E-state index contributed by atoms with van der Waals surface area (Å²) in [5.74, 6) is -0.0991. The van der Waals surface area contributed by atoms with Gasteiger partial charge in [-0.05, 0) is 37.6 Å². The fourth-order valence-corrected chi connectivity index (χ4v) is 2.66. The normalized spacial score (nSPS) is 25.4. The Kier molecular flexibility index (Phi) is 3.46. The molecule has 1 aliphatic rings. The fraction of sp³-hybridized carbons (Fsp3) is 0.400. The van der Waals surface area contributed by atoms with E-state index in [1.54, 1.807) is 0 Å². The molecule has 3 atom stereocenters. The molecule has 0 aliphatic heterocycles. The van der Waals surface area contributed by atoms with Crippen LogP contribution in [0, 0.1) is 0 Å². The van der Waals surface area contributed by atoms with E-state index < -0.39 is 0 Å². The van der Waals surface area contributed by atoms with Crippen LogP contribution in [0.1, 0.15) is 23.7 Å². The lowest BCUT2D eigenvalue weighted by molar-refractivity contribution is -0.0300. The number of aromatic amines is 1. The summed E-state index contributed by atoms with van der Waals surface area (Å²) < 4.78 is 5.56. The molecule has 0 bridgehead atoms. The lowest BCUT2D eigenvalue weighted by Gasteiger charge is -2.42. The third-order valence-electron chi connectivity index (χ3n) is 3.86. The summed E-state index contributed by atoms with van der Waals surface area (Å²) in [4.78, 5) is 15.4. The van der Waals surface area contributed by atoms with Gasteiger partial charge in [0.15, 0.2) is 0 Å². The zero-order valence-corrected chi connectivity index (χ0v) is 11.4. The molecule has 0 spiro atoms. The van der Waals surface area contributed by atoms with Gasteiger partial charge in [0.05, 0.1) is 12.1 Å². The minimum atomic E-state index is -0.0991. The van der Waals surface area contributed by atoms with Crippen molar-refractivity contribution in [3.05, 3.63) is 36.0 Å². The molecule has 5 heteroatoms. The first-order chi connectivity index (χ1) is 9.69. The fourth-order valence-electron chi connectivity index (χ4n) is 2.66. The minimum Gasteiger partial charge on any atom is -0.376 e. The Labute approximate surface area is 117 Å². The van der Waals surface area contributed by atoms with Gasteiger partial charge in [-0.25, -0.2) is 0 Å². The van der Waals surface area contributed by atoms with Crippen LogP contribution < -0.4 is 11.1 Å². The maximum Gasteiger partial charge on any atom is 0.251 e. The largest absolute Gasteiger partial charge is 0.376 e. The van der Waals surface area contributed by atoms with Gasteiger partial charge in [0, 0.05) is 35.3 Å². The molecular formula is C15H19N3O2. The van der Waals surface area contributed by atoms with Gasteiger partial charge in [-0.2, -0.15) is 0 Å². The molecule has 2 aromatic rings. The second kappa shape index (κ2) is 5.26. The average molecular weight is 273 g/mol. The van der Waals surface area contributed by atoms with E-state index in [4.69, 9.17) is 10.5 Å². The average Bonchev–Trinajstić information content (AvgIpc) is 2.91. The van der Waals surface area contributed by atoms with Gasteiger partial charge in [0.1, 0.15) is 0 Å². The molecule has 3 unspecified atom stereocenters. The van der Waals surface area contributed by atoms with Gasteiger partial charge in [0.25, 0.3) is 5.91 Å². The van der Waals surface area contributed by atoms with E-state index in [0.717, 1.165) is 17.3 Å². The number of carbonyl (C=O) groups is 1. The van der Waals surface area contributed by atoms with Crippen molar-refractivity contribution in [3.63, 3.8) is 0 Å². The van der Waals surface area contributed by atoms with Crippen LogP contribution in [-0.4, -0.2) is 35.7 Å². The molecule has 1 saturated carbocycles. The first-order valence-corrected chi connectivity index (χ1v) is 6.94. The topological polar surface area (TPSA) is 80.1 Å². The molecule has 1 aliphatic carbocycles. The minimum absolute atomic E-state index is 0.0218. The van der Waals surface area contributed by atoms with Crippen LogP contribution in [0.4, 0.5) is 0 Å². The number of fused-ring (bicyclic) bond motifs is 1. The van der Waals surface area contributed by atoms with Crippen molar-refractivity contribution < 1.29 is 9.53 Å². The van der Waals surface area contributed by atoms with Crippen molar-refractivity contribution in [1.82, 2.24) is 10.3 Å². The van der Waals surface area contributed by atoms with Gasteiger partial charge in [-0.3, -0.25) is 4.79 Å². The van der Waals surface area contributed by atoms with Crippen LogP contribution in [0.2, 0.25) is 0 Å². The van der Waals surface area contributed by atoms with Crippen LogP contribution in [0.25, 0.3) is 10.9 Å². The molecule has 1 heterocycles. The number of ether oxygens (including phenoxy) is 1. The third-order valence-corrected chi connectivity index (χ3v) is 3.86. The molecule has 1 fully saturated rings. The number of carbonyl (C=O) groups excluding carboxylic acids is 1. The van der Waals surface area contributed by atoms with Gasteiger partial charge < -0.3 is 20.8 Å².